The Balaban J connectivity index is 1.83. The molecule has 0 spiro atoms. The van der Waals surface area contributed by atoms with Crippen LogP contribution in [0.25, 0.3) is 0 Å². The van der Waals surface area contributed by atoms with E-state index in [1.54, 1.807) is 11.8 Å². The van der Waals surface area contributed by atoms with Crippen LogP contribution < -0.4 is 5.32 Å². The first-order valence-corrected chi connectivity index (χ1v) is 9.60. The molecule has 1 aromatic carbocycles. The van der Waals surface area contributed by atoms with Gasteiger partial charge in [0.05, 0.1) is 10.9 Å². The van der Waals surface area contributed by atoms with Crippen molar-refractivity contribution < 1.29 is 9.90 Å². The molecule has 3 nitrogen and oxygen atoms in total. The van der Waals surface area contributed by atoms with Gasteiger partial charge in [-0.3, -0.25) is 4.79 Å². The Hall–Kier alpha value is -0.710. The van der Waals surface area contributed by atoms with Gasteiger partial charge in [0.15, 0.2) is 0 Å². The lowest BCUT2D eigenvalue weighted by Gasteiger charge is -2.29. The van der Waals surface area contributed by atoms with Crippen LogP contribution in [0.2, 0.25) is 5.02 Å². The molecule has 0 saturated heterocycles. The Morgan fingerprint density at radius 2 is 2.04 bits per heavy atom. The normalized spacial score (nSPS) is 21.9. The molecule has 2 atom stereocenters. The summed E-state index contributed by atoms with van der Waals surface area (Å²) in [5.41, 5.74) is 1.04. The average molecular weight is 356 g/mol. The van der Waals surface area contributed by atoms with Crippen LogP contribution in [0, 0.1) is 5.92 Å². The van der Waals surface area contributed by atoms with Crippen molar-refractivity contribution in [2.24, 2.45) is 5.92 Å². The number of carbonyl (C=O) groups is 1. The van der Waals surface area contributed by atoms with Crippen LogP contribution in [0.5, 0.6) is 0 Å². The third-order valence-electron chi connectivity index (χ3n) is 4.49. The Bertz CT molecular complexity index is 536. The van der Waals surface area contributed by atoms with E-state index in [0.717, 1.165) is 36.3 Å². The molecule has 0 bridgehead atoms. The van der Waals surface area contributed by atoms with Gasteiger partial charge in [-0.25, -0.2) is 0 Å². The number of halogens is 1. The second kappa shape index (κ2) is 8.41. The van der Waals surface area contributed by atoms with Crippen molar-refractivity contribution in [3.63, 3.8) is 0 Å². The summed E-state index contributed by atoms with van der Waals surface area (Å²) >= 11 is 7.75. The van der Waals surface area contributed by atoms with Gasteiger partial charge in [0.1, 0.15) is 0 Å². The number of hydrogen-bond acceptors (Lipinski definition) is 3. The predicted molar refractivity (Wildman–Crippen MR) is 97.8 cm³/mol. The number of thioether (sulfide) groups is 1. The van der Waals surface area contributed by atoms with E-state index in [9.17, 15) is 9.90 Å². The molecule has 0 heterocycles. The first kappa shape index (κ1) is 18.6. The van der Waals surface area contributed by atoms with Crippen LogP contribution in [-0.4, -0.2) is 28.4 Å². The van der Waals surface area contributed by atoms with Gasteiger partial charge in [-0.2, -0.15) is 0 Å². The van der Waals surface area contributed by atoms with Gasteiger partial charge >= 0.3 is 0 Å². The molecule has 1 saturated carbocycles. The molecule has 2 unspecified atom stereocenters. The van der Waals surface area contributed by atoms with Gasteiger partial charge in [-0.1, -0.05) is 42.6 Å². The summed E-state index contributed by atoms with van der Waals surface area (Å²) < 4.78 is -0.529. The Morgan fingerprint density at radius 1 is 1.35 bits per heavy atom. The molecule has 0 radical (unpaired) electrons. The first-order valence-electron chi connectivity index (χ1n) is 8.24. The fraction of sp³-hybridized carbons (Fsp3) is 0.611. The van der Waals surface area contributed by atoms with Crippen molar-refractivity contribution >= 4 is 29.3 Å². The summed E-state index contributed by atoms with van der Waals surface area (Å²) in [6.07, 6.45) is 3.80. The van der Waals surface area contributed by atoms with Crippen molar-refractivity contribution in [2.75, 3.05) is 6.54 Å². The van der Waals surface area contributed by atoms with Gasteiger partial charge in [-0.05, 0) is 38.3 Å². The molecule has 0 aliphatic heterocycles. The fourth-order valence-electron chi connectivity index (χ4n) is 2.80. The maximum absolute atomic E-state index is 12.5. The van der Waals surface area contributed by atoms with Gasteiger partial charge in [0, 0.05) is 23.2 Å². The van der Waals surface area contributed by atoms with Gasteiger partial charge in [-0.15, -0.1) is 11.8 Å². The highest BCUT2D eigenvalue weighted by atomic mass is 35.5. The van der Waals surface area contributed by atoms with Crippen LogP contribution in [-0.2, 0) is 10.5 Å². The SMILES string of the molecule is CC(C)(SCc1ccccc1Cl)C(=O)NCC1CCCCC1O. The number of aliphatic hydroxyl groups is 1. The second-order valence-corrected chi connectivity index (χ2v) is 8.72. The topological polar surface area (TPSA) is 49.3 Å². The highest BCUT2D eigenvalue weighted by molar-refractivity contribution is 8.00. The minimum atomic E-state index is -0.529. The van der Waals surface area contributed by atoms with Crippen molar-refractivity contribution in [1.82, 2.24) is 5.32 Å². The van der Waals surface area contributed by atoms with Crippen LogP contribution in [0.4, 0.5) is 0 Å². The summed E-state index contributed by atoms with van der Waals surface area (Å²) in [5.74, 6) is 0.913. The molecule has 1 aliphatic carbocycles. The van der Waals surface area contributed by atoms with E-state index < -0.39 is 4.75 Å². The molecule has 1 aliphatic rings. The molecule has 1 aromatic rings. The summed E-state index contributed by atoms with van der Waals surface area (Å²) in [6.45, 7) is 4.43. The largest absolute Gasteiger partial charge is 0.393 e. The molecule has 128 valence electrons. The van der Waals surface area contributed by atoms with Crippen molar-refractivity contribution in [3.8, 4) is 0 Å². The van der Waals surface area contributed by atoms with Crippen LogP contribution in [0.15, 0.2) is 24.3 Å². The molecule has 1 fully saturated rings. The Morgan fingerprint density at radius 3 is 2.74 bits per heavy atom. The van der Waals surface area contributed by atoms with Gasteiger partial charge in [0.2, 0.25) is 5.91 Å². The number of nitrogens with one attached hydrogen (secondary N) is 1. The average Bonchev–Trinajstić information content (AvgIpc) is 2.53. The van der Waals surface area contributed by atoms with Crippen LogP contribution in [0.1, 0.15) is 45.1 Å². The molecule has 0 aromatic heterocycles. The molecule has 23 heavy (non-hydrogen) atoms. The van der Waals surface area contributed by atoms with Crippen LogP contribution >= 0.6 is 23.4 Å². The van der Waals surface area contributed by atoms with E-state index in [2.05, 4.69) is 5.32 Å². The molecule has 1 amide bonds. The van der Waals surface area contributed by atoms with E-state index in [0.29, 0.717) is 12.3 Å². The third kappa shape index (κ3) is 5.40. The second-order valence-electron chi connectivity index (χ2n) is 6.71. The number of amides is 1. The maximum atomic E-state index is 12.5. The molecular formula is C18H26ClNO2S. The highest BCUT2D eigenvalue weighted by Gasteiger charge is 2.30. The molecule has 2 N–H and O–H groups in total. The van der Waals surface area contributed by atoms with Crippen molar-refractivity contribution in [1.29, 1.82) is 0 Å². The zero-order valence-electron chi connectivity index (χ0n) is 13.8. The maximum Gasteiger partial charge on any atom is 0.235 e. The first-order chi connectivity index (χ1) is 10.9. The number of hydrogen-bond donors (Lipinski definition) is 2. The van der Waals surface area contributed by atoms with E-state index in [4.69, 9.17) is 11.6 Å². The minimum absolute atomic E-state index is 0.0207. The summed E-state index contributed by atoms with van der Waals surface area (Å²) in [7, 11) is 0. The quantitative estimate of drug-likeness (QED) is 0.810. The van der Waals surface area contributed by atoms with E-state index >= 15 is 0 Å². The summed E-state index contributed by atoms with van der Waals surface area (Å²) in [5, 5.41) is 13.8. The van der Waals surface area contributed by atoms with Crippen LogP contribution in [0.3, 0.4) is 0 Å². The fourth-order valence-corrected chi connectivity index (χ4v) is 4.06. The van der Waals surface area contributed by atoms with Crippen molar-refractivity contribution in [2.45, 2.75) is 56.1 Å². The van der Waals surface area contributed by atoms with Gasteiger partial charge < -0.3 is 10.4 Å². The molecule has 5 heteroatoms. The van der Waals surface area contributed by atoms with E-state index in [1.165, 1.54) is 0 Å². The number of rotatable bonds is 6. The number of benzene rings is 1. The highest BCUT2D eigenvalue weighted by Crippen LogP contribution is 2.31. The lowest BCUT2D eigenvalue weighted by Crippen LogP contribution is -2.44. The predicted octanol–water partition coefficient (Wildman–Crippen LogP) is 4.02. The zero-order chi connectivity index (χ0) is 16.9. The lowest BCUT2D eigenvalue weighted by molar-refractivity contribution is -0.123. The van der Waals surface area contributed by atoms with E-state index in [-0.39, 0.29) is 17.9 Å². The summed E-state index contributed by atoms with van der Waals surface area (Å²) in [6, 6.07) is 7.72. The van der Waals surface area contributed by atoms with Crippen molar-refractivity contribution in [3.05, 3.63) is 34.9 Å². The zero-order valence-corrected chi connectivity index (χ0v) is 15.4. The number of carbonyl (C=O) groups excluding carboxylic acids is 1. The summed E-state index contributed by atoms with van der Waals surface area (Å²) in [4.78, 5) is 12.5. The molecular weight excluding hydrogens is 330 g/mol. The molecule has 2 rings (SSSR count). The van der Waals surface area contributed by atoms with E-state index in [1.807, 2.05) is 38.1 Å². The standard InChI is InChI=1S/C18H26ClNO2S/c1-18(2,23-12-14-8-3-5-9-15(14)19)17(22)20-11-13-7-4-6-10-16(13)21/h3,5,8-9,13,16,21H,4,6-7,10-12H2,1-2H3,(H,20,22). The monoisotopic (exact) mass is 355 g/mol. The Kier molecular flexibility index (Phi) is 6.81. The van der Waals surface area contributed by atoms with Gasteiger partial charge in [0.25, 0.3) is 0 Å². The third-order valence-corrected chi connectivity index (χ3v) is 6.22. The minimum Gasteiger partial charge on any atom is -0.393 e. The Labute approximate surface area is 148 Å². The number of aliphatic hydroxyl groups excluding tert-OH is 1. The lowest BCUT2D eigenvalue weighted by atomic mass is 9.86. The smallest absolute Gasteiger partial charge is 0.235 e.